The standard InChI is InChI=1S/C12H9F3N2O/c13-12(14,15)11(18)17-7-9-4-1-3-8-5-2-6-16-10(8)9/h1-6H,7H2,(H,17,18). The van der Waals surface area contributed by atoms with E-state index in [9.17, 15) is 18.0 Å². The van der Waals surface area contributed by atoms with Gasteiger partial charge in [0.05, 0.1) is 5.52 Å². The molecule has 0 saturated heterocycles. The van der Waals surface area contributed by atoms with Gasteiger partial charge in [-0.05, 0) is 11.6 Å². The Kier molecular flexibility index (Phi) is 3.18. The maximum absolute atomic E-state index is 12.0. The Balaban J connectivity index is 2.20. The number of aromatic nitrogens is 1. The lowest BCUT2D eigenvalue weighted by atomic mass is 10.1. The average molecular weight is 254 g/mol. The van der Waals surface area contributed by atoms with Crippen LogP contribution in [0.15, 0.2) is 36.5 Å². The van der Waals surface area contributed by atoms with Gasteiger partial charge >= 0.3 is 12.1 Å². The van der Waals surface area contributed by atoms with Crippen molar-refractivity contribution in [1.29, 1.82) is 0 Å². The van der Waals surface area contributed by atoms with Crippen molar-refractivity contribution in [2.24, 2.45) is 0 Å². The normalized spacial score (nSPS) is 11.5. The second kappa shape index (κ2) is 4.64. The molecule has 6 heteroatoms. The number of hydrogen-bond acceptors (Lipinski definition) is 2. The van der Waals surface area contributed by atoms with Crippen molar-refractivity contribution in [3.63, 3.8) is 0 Å². The minimum atomic E-state index is -4.86. The van der Waals surface area contributed by atoms with Gasteiger partial charge in [0.25, 0.3) is 0 Å². The lowest BCUT2D eigenvalue weighted by Gasteiger charge is -2.09. The zero-order valence-corrected chi connectivity index (χ0v) is 9.16. The maximum Gasteiger partial charge on any atom is 0.471 e. The first-order valence-electron chi connectivity index (χ1n) is 5.16. The number of alkyl halides is 3. The third-order valence-corrected chi connectivity index (χ3v) is 2.41. The summed E-state index contributed by atoms with van der Waals surface area (Å²) in [6.07, 6.45) is -3.31. The molecule has 0 atom stereocenters. The summed E-state index contributed by atoms with van der Waals surface area (Å²) >= 11 is 0. The highest BCUT2D eigenvalue weighted by molar-refractivity contribution is 5.84. The summed E-state index contributed by atoms with van der Waals surface area (Å²) in [6, 6.07) is 8.68. The molecular weight excluding hydrogens is 245 g/mol. The first kappa shape index (κ1) is 12.3. The minimum absolute atomic E-state index is 0.202. The number of amides is 1. The molecule has 0 aliphatic heterocycles. The first-order valence-corrected chi connectivity index (χ1v) is 5.16. The maximum atomic E-state index is 12.0. The van der Waals surface area contributed by atoms with E-state index >= 15 is 0 Å². The van der Waals surface area contributed by atoms with Crippen LogP contribution in [0.25, 0.3) is 10.9 Å². The summed E-state index contributed by atoms with van der Waals surface area (Å²) in [5.41, 5.74) is 1.13. The SMILES string of the molecule is O=C(NCc1cccc2cccnc12)C(F)(F)F. The van der Waals surface area contributed by atoms with E-state index < -0.39 is 12.1 Å². The summed E-state index contributed by atoms with van der Waals surface area (Å²) in [5, 5.41) is 2.64. The van der Waals surface area contributed by atoms with E-state index in [0.717, 1.165) is 5.39 Å². The largest absolute Gasteiger partial charge is 0.471 e. The van der Waals surface area contributed by atoms with Crippen molar-refractivity contribution in [1.82, 2.24) is 10.3 Å². The number of para-hydroxylation sites is 1. The lowest BCUT2D eigenvalue weighted by molar-refractivity contribution is -0.173. The van der Waals surface area contributed by atoms with Crippen LogP contribution in [0.1, 0.15) is 5.56 Å². The molecule has 0 unspecified atom stereocenters. The molecule has 0 spiro atoms. The highest BCUT2D eigenvalue weighted by atomic mass is 19.4. The van der Waals surface area contributed by atoms with E-state index in [0.29, 0.717) is 11.1 Å². The highest BCUT2D eigenvalue weighted by Crippen LogP contribution is 2.17. The van der Waals surface area contributed by atoms with Gasteiger partial charge in [-0.1, -0.05) is 24.3 Å². The number of carbonyl (C=O) groups is 1. The molecule has 1 aromatic heterocycles. The molecule has 3 nitrogen and oxygen atoms in total. The summed E-state index contributed by atoms with van der Waals surface area (Å²) in [4.78, 5) is 14.8. The fourth-order valence-electron chi connectivity index (χ4n) is 1.59. The first-order chi connectivity index (χ1) is 8.48. The van der Waals surface area contributed by atoms with Gasteiger partial charge in [-0.25, -0.2) is 0 Å². The molecule has 1 N–H and O–H groups in total. The van der Waals surface area contributed by atoms with Gasteiger partial charge in [-0.15, -0.1) is 0 Å². The number of hydrogen-bond donors (Lipinski definition) is 1. The Labute approximate surface area is 101 Å². The zero-order valence-electron chi connectivity index (χ0n) is 9.16. The number of nitrogens with zero attached hydrogens (tertiary/aromatic N) is 1. The molecule has 0 radical (unpaired) electrons. The topological polar surface area (TPSA) is 42.0 Å². The van der Waals surface area contributed by atoms with Gasteiger partial charge in [0.15, 0.2) is 0 Å². The van der Waals surface area contributed by atoms with Crippen molar-refractivity contribution in [2.75, 3.05) is 0 Å². The molecule has 2 rings (SSSR count). The van der Waals surface area contributed by atoms with Gasteiger partial charge in [0.2, 0.25) is 0 Å². The summed E-state index contributed by atoms with van der Waals surface area (Å²) < 4.78 is 36.1. The number of pyridine rings is 1. The van der Waals surface area contributed by atoms with Gasteiger partial charge in [0.1, 0.15) is 0 Å². The van der Waals surface area contributed by atoms with Crippen molar-refractivity contribution in [2.45, 2.75) is 12.7 Å². The van der Waals surface area contributed by atoms with Crippen molar-refractivity contribution in [3.8, 4) is 0 Å². The van der Waals surface area contributed by atoms with Crippen LogP contribution in [-0.4, -0.2) is 17.1 Å². The third kappa shape index (κ3) is 2.58. The molecule has 2 aromatic rings. The van der Waals surface area contributed by atoms with E-state index in [1.165, 1.54) is 0 Å². The second-order valence-corrected chi connectivity index (χ2v) is 3.67. The van der Waals surface area contributed by atoms with E-state index in [-0.39, 0.29) is 6.54 Å². The summed E-state index contributed by atoms with van der Waals surface area (Å²) in [7, 11) is 0. The van der Waals surface area contributed by atoms with E-state index in [4.69, 9.17) is 0 Å². The Bertz CT molecular complexity index is 576. The number of nitrogens with one attached hydrogen (secondary N) is 1. The lowest BCUT2D eigenvalue weighted by Crippen LogP contribution is -2.36. The molecular formula is C12H9F3N2O. The Hall–Kier alpha value is -2.11. The molecule has 0 saturated carbocycles. The number of fused-ring (bicyclic) bond motifs is 1. The number of rotatable bonds is 2. The van der Waals surface area contributed by atoms with Gasteiger partial charge in [0, 0.05) is 18.1 Å². The van der Waals surface area contributed by atoms with Crippen molar-refractivity contribution >= 4 is 16.8 Å². The van der Waals surface area contributed by atoms with E-state index in [2.05, 4.69) is 4.98 Å². The van der Waals surface area contributed by atoms with Crippen LogP contribution in [0, 0.1) is 0 Å². The zero-order chi connectivity index (χ0) is 13.2. The van der Waals surface area contributed by atoms with Crippen LogP contribution < -0.4 is 5.32 Å². The van der Waals surface area contributed by atoms with Gasteiger partial charge in [-0.3, -0.25) is 9.78 Å². The summed E-state index contributed by atoms with van der Waals surface area (Å²) in [6.45, 7) is -0.202. The monoisotopic (exact) mass is 254 g/mol. The van der Waals surface area contributed by atoms with Crippen LogP contribution in [-0.2, 0) is 11.3 Å². The van der Waals surface area contributed by atoms with Crippen LogP contribution in [0.2, 0.25) is 0 Å². The number of carbonyl (C=O) groups excluding carboxylic acids is 1. The minimum Gasteiger partial charge on any atom is -0.344 e. The number of benzene rings is 1. The Morgan fingerprint density at radius 3 is 2.67 bits per heavy atom. The molecule has 0 aliphatic carbocycles. The molecule has 0 fully saturated rings. The van der Waals surface area contributed by atoms with Crippen LogP contribution in [0.4, 0.5) is 13.2 Å². The van der Waals surface area contributed by atoms with Gasteiger partial charge < -0.3 is 5.32 Å². The van der Waals surface area contributed by atoms with Crippen molar-refractivity contribution in [3.05, 3.63) is 42.1 Å². The smallest absolute Gasteiger partial charge is 0.344 e. The Morgan fingerprint density at radius 1 is 1.22 bits per heavy atom. The molecule has 1 aromatic carbocycles. The molecule has 1 heterocycles. The van der Waals surface area contributed by atoms with Crippen molar-refractivity contribution < 1.29 is 18.0 Å². The third-order valence-electron chi connectivity index (χ3n) is 2.41. The molecule has 94 valence electrons. The second-order valence-electron chi connectivity index (χ2n) is 3.67. The predicted molar refractivity (Wildman–Crippen MR) is 59.6 cm³/mol. The molecule has 0 aliphatic rings. The predicted octanol–water partition coefficient (Wildman–Crippen LogP) is 2.41. The molecule has 18 heavy (non-hydrogen) atoms. The fraction of sp³-hybridized carbons (Fsp3) is 0.167. The fourth-order valence-corrected chi connectivity index (χ4v) is 1.59. The number of halogens is 3. The Morgan fingerprint density at radius 2 is 1.94 bits per heavy atom. The highest BCUT2D eigenvalue weighted by Gasteiger charge is 2.38. The van der Waals surface area contributed by atoms with Crippen LogP contribution in [0.3, 0.4) is 0 Å². The quantitative estimate of drug-likeness (QED) is 0.894. The van der Waals surface area contributed by atoms with Gasteiger partial charge in [-0.2, -0.15) is 13.2 Å². The average Bonchev–Trinajstić information content (AvgIpc) is 2.34. The van der Waals surface area contributed by atoms with E-state index in [1.54, 1.807) is 36.5 Å². The summed E-state index contributed by atoms with van der Waals surface area (Å²) in [5.74, 6) is -1.95. The molecule has 1 amide bonds. The molecule has 0 bridgehead atoms. The van der Waals surface area contributed by atoms with E-state index in [1.807, 2.05) is 5.32 Å². The van der Waals surface area contributed by atoms with Crippen LogP contribution >= 0.6 is 0 Å². The van der Waals surface area contributed by atoms with Crippen LogP contribution in [0.5, 0.6) is 0 Å².